The second-order valence-corrected chi connectivity index (χ2v) is 3.92. The summed E-state index contributed by atoms with van der Waals surface area (Å²) < 4.78 is 18.9. The van der Waals surface area contributed by atoms with E-state index >= 15 is 0 Å². The monoisotopic (exact) mass is 284 g/mol. The van der Waals surface area contributed by atoms with Gasteiger partial charge in [0.25, 0.3) is 0 Å². The van der Waals surface area contributed by atoms with Gasteiger partial charge in [0.1, 0.15) is 11.6 Å². The van der Waals surface area contributed by atoms with Crippen LogP contribution in [0.15, 0.2) is 39.4 Å². The van der Waals surface area contributed by atoms with Crippen molar-refractivity contribution in [3.63, 3.8) is 0 Å². The molecule has 1 aromatic heterocycles. The highest BCUT2D eigenvalue weighted by molar-refractivity contribution is 9.10. The molecule has 1 aromatic carbocycles. The Morgan fingerprint density at radius 2 is 2.12 bits per heavy atom. The third-order valence-electron chi connectivity index (χ3n) is 2.09. The first-order chi connectivity index (χ1) is 7.61. The summed E-state index contributed by atoms with van der Waals surface area (Å²) in [6.07, 6.45) is 1.36. The molecule has 0 aliphatic carbocycles. The van der Waals surface area contributed by atoms with E-state index < -0.39 is 11.8 Å². The van der Waals surface area contributed by atoms with E-state index in [4.69, 9.17) is 9.52 Å². The van der Waals surface area contributed by atoms with Crippen LogP contribution < -0.4 is 0 Å². The van der Waals surface area contributed by atoms with Crippen LogP contribution in [-0.4, -0.2) is 11.1 Å². The lowest BCUT2D eigenvalue weighted by molar-refractivity contribution is 0.0696. The molecule has 0 aliphatic heterocycles. The molecule has 0 saturated heterocycles. The summed E-state index contributed by atoms with van der Waals surface area (Å²) >= 11 is 3.08. The van der Waals surface area contributed by atoms with Gasteiger partial charge in [-0.2, -0.15) is 0 Å². The van der Waals surface area contributed by atoms with Crippen molar-refractivity contribution in [2.24, 2.45) is 0 Å². The van der Waals surface area contributed by atoms with Crippen LogP contribution in [0.5, 0.6) is 0 Å². The molecule has 5 heteroatoms. The molecular formula is C11H6BrFO3. The molecule has 0 saturated carbocycles. The smallest absolute Gasteiger partial charge is 0.337 e. The fourth-order valence-electron chi connectivity index (χ4n) is 1.42. The first kappa shape index (κ1) is 10.9. The van der Waals surface area contributed by atoms with Gasteiger partial charge in [0.05, 0.1) is 17.4 Å². The van der Waals surface area contributed by atoms with Crippen molar-refractivity contribution in [2.75, 3.05) is 0 Å². The fraction of sp³-hybridized carbons (Fsp3) is 0. The molecule has 3 nitrogen and oxygen atoms in total. The van der Waals surface area contributed by atoms with Crippen molar-refractivity contribution >= 4 is 21.9 Å². The molecular weight excluding hydrogens is 279 g/mol. The van der Waals surface area contributed by atoms with Crippen LogP contribution in [0, 0.1) is 5.82 Å². The minimum atomic E-state index is -1.21. The molecule has 0 atom stereocenters. The third kappa shape index (κ3) is 1.74. The van der Waals surface area contributed by atoms with Gasteiger partial charge in [0.2, 0.25) is 0 Å². The largest absolute Gasteiger partial charge is 0.478 e. The first-order valence-electron chi connectivity index (χ1n) is 4.36. The van der Waals surface area contributed by atoms with Gasteiger partial charge in [-0.25, -0.2) is 9.18 Å². The number of aromatic carboxylic acids is 1. The van der Waals surface area contributed by atoms with E-state index in [0.717, 1.165) is 0 Å². The van der Waals surface area contributed by atoms with Crippen molar-refractivity contribution in [3.05, 3.63) is 46.4 Å². The molecule has 82 valence electrons. The summed E-state index contributed by atoms with van der Waals surface area (Å²) in [4.78, 5) is 11.1. The molecule has 2 aromatic rings. The Labute approximate surface area is 98.6 Å². The van der Waals surface area contributed by atoms with Gasteiger partial charge in [-0.05, 0) is 40.2 Å². The average molecular weight is 285 g/mol. The molecule has 0 amide bonds. The lowest BCUT2D eigenvalue weighted by Gasteiger charge is -2.06. The average Bonchev–Trinajstić information content (AvgIpc) is 2.73. The van der Waals surface area contributed by atoms with Gasteiger partial charge < -0.3 is 9.52 Å². The van der Waals surface area contributed by atoms with Crippen LogP contribution in [-0.2, 0) is 0 Å². The van der Waals surface area contributed by atoms with Gasteiger partial charge in [0.15, 0.2) is 0 Å². The van der Waals surface area contributed by atoms with Crippen molar-refractivity contribution in [3.8, 4) is 11.3 Å². The number of benzene rings is 1. The highest BCUT2D eigenvalue weighted by Gasteiger charge is 2.21. The molecule has 0 aliphatic rings. The predicted molar refractivity (Wildman–Crippen MR) is 58.8 cm³/mol. The van der Waals surface area contributed by atoms with E-state index in [1.807, 2.05) is 0 Å². The topological polar surface area (TPSA) is 50.4 Å². The Kier molecular flexibility index (Phi) is 2.78. The lowest BCUT2D eigenvalue weighted by atomic mass is 10.0. The van der Waals surface area contributed by atoms with E-state index in [0.29, 0.717) is 4.47 Å². The maximum Gasteiger partial charge on any atom is 0.337 e. The zero-order chi connectivity index (χ0) is 11.7. The molecule has 0 bridgehead atoms. The maximum atomic E-state index is 13.6. The van der Waals surface area contributed by atoms with Crippen LogP contribution in [0.1, 0.15) is 10.4 Å². The van der Waals surface area contributed by atoms with E-state index in [-0.39, 0.29) is 16.9 Å². The lowest BCUT2D eigenvalue weighted by Crippen LogP contribution is -2.02. The number of carbonyl (C=O) groups is 1. The zero-order valence-electron chi connectivity index (χ0n) is 7.91. The third-order valence-corrected chi connectivity index (χ3v) is 2.75. The number of furan rings is 1. The number of carboxylic acids is 1. The summed E-state index contributed by atoms with van der Waals surface area (Å²) in [5, 5.41) is 9.03. The number of hydrogen-bond acceptors (Lipinski definition) is 2. The quantitative estimate of drug-likeness (QED) is 0.918. The minimum absolute atomic E-state index is 0.0492. The molecule has 16 heavy (non-hydrogen) atoms. The molecule has 1 N–H and O–H groups in total. The molecule has 0 unspecified atom stereocenters. The van der Waals surface area contributed by atoms with E-state index in [9.17, 15) is 9.18 Å². The highest BCUT2D eigenvalue weighted by Crippen LogP contribution is 2.32. The second kappa shape index (κ2) is 4.09. The number of halogens is 2. The SMILES string of the molecule is O=C(O)c1c(Br)ccc(F)c1-c1ccco1. The van der Waals surface area contributed by atoms with Gasteiger partial charge in [-0.3, -0.25) is 0 Å². The van der Waals surface area contributed by atoms with Crippen molar-refractivity contribution < 1.29 is 18.7 Å². The highest BCUT2D eigenvalue weighted by atomic mass is 79.9. The molecule has 0 radical (unpaired) electrons. The molecule has 1 heterocycles. The van der Waals surface area contributed by atoms with Crippen LogP contribution in [0.3, 0.4) is 0 Å². The van der Waals surface area contributed by atoms with Crippen molar-refractivity contribution in [2.45, 2.75) is 0 Å². The summed E-state index contributed by atoms with van der Waals surface area (Å²) in [5.74, 6) is -1.65. The van der Waals surface area contributed by atoms with Gasteiger partial charge in [0, 0.05) is 4.47 Å². The van der Waals surface area contributed by atoms with Gasteiger partial charge >= 0.3 is 5.97 Å². The zero-order valence-corrected chi connectivity index (χ0v) is 9.49. The van der Waals surface area contributed by atoms with E-state index in [2.05, 4.69) is 15.9 Å². The Bertz CT molecular complexity index is 534. The maximum absolute atomic E-state index is 13.6. The van der Waals surface area contributed by atoms with Gasteiger partial charge in [-0.1, -0.05) is 0 Å². The van der Waals surface area contributed by atoms with Crippen molar-refractivity contribution in [1.29, 1.82) is 0 Å². The van der Waals surface area contributed by atoms with Crippen LogP contribution in [0.2, 0.25) is 0 Å². The van der Waals surface area contributed by atoms with E-state index in [1.54, 1.807) is 6.07 Å². The summed E-state index contributed by atoms with van der Waals surface area (Å²) in [7, 11) is 0. The first-order valence-corrected chi connectivity index (χ1v) is 5.15. The Morgan fingerprint density at radius 3 is 2.69 bits per heavy atom. The Balaban J connectivity index is 2.76. The summed E-state index contributed by atoms with van der Waals surface area (Å²) in [6.45, 7) is 0. The Morgan fingerprint density at radius 1 is 1.38 bits per heavy atom. The number of rotatable bonds is 2. The van der Waals surface area contributed by atoms with Crippen LogP contribution in [0.4, 0.5) is 4.39 Å². The number of hydrogen-bond donors (Lipinski definition) is 1. The molecule has 0 spiro atoms. The standard InChI is InChI=1S/C11H6BrFO3/c12-6-3-4-7(13)10(9(6)11(14)15)8-2-1-5-16-8/h1-5H,(H,14,15). The van der Waals surface area contributed by atoms with Crippen LogP contribution >= 0.6 is 15.9 Å². The molecule has 2 rings (SSSR count). The normalized spacial score (nSPS) is 10.4. The minimum Gasteiger partial charge on any atom is -0.478 e. The number of carboxylic acid groups (broad SMARTS) is 1. The fourth-order valence-corrected chi connectivity index (χ4v) is 1.92. The van der Waals surface area contributed by atoms with E-state index in [1.165, 1.54) is 24.5 Å². The summed E-state index contributed by atoms with van der Waals surface area (Å²) in [5.41, 5.74) is -0.193. The Hall–Kier alpha value is -1.62. The summed E-state index contributed by atoms with van der Waals surface area (Å²) in [6, 6.07) is 5.62. The van der Waals surface area contributed by atoms with Crippen LogP contribution in [0.25, 0.3) is 11.3 Å². The predicted octanol–water partition coefficient (Wildman–Crippen LogP) is 3.55. The van der Waals surface area contributed by atoms with Crippen molar-refractivity contribution in [1.82, 2.24) is 0 Å². The molecule has 0 fully saturated rings. The van der Waals surface area contributed by atoms with Gasteiger partial charge in [-0.15, -0.1) is 0 Å². The second-order valence-electron chi connectivity index (χ2n) is 3.06.